The first-order valence-electron chi connectivity index (χ1n) is 8.42. The van der Waals surface area contributed by atoms with Crippen molar-refractivity contribution >= 4 is 23.6 Å². The summed E-state index contributed by atoms with van der Waals surface area (Å²) < 4.78 is 0. The molecule has 0 aromatic heterocycles. The van der Waals surface area contributed by atoms with Gasteiger partial charge in [0.25, 0.3) is 5.91 Å². The highest BCUT2D eigenvalue weighted by Gasteiger charge is 2.24. The van der Waals surface area contributed by atoms with Crippen LogP contribution in [0, 0.1) is 0 Å². The van der Waals surface area contributed by atoms with Crippen molar-refractivity contribution in [1.82, 2.24) is 9.80 Å². The first-order valence-corrected chi connectivity index (χ1v) is 9.65. The maximum absolute atomic E-state index is 12.6. The van der Waals surface area contributed by atoms with E-state index in [4.69, 9.17) is 0 Å². The largest absolute Gasteiger partial charge is 0.339 e. The number of thioether (sulfide) groups is 1. The maximum Gasteiger partial charge on any atom is 0.253 e. The zero-order valence-electron chi connectivity index (χ0n) is 14.4. The van der Waals surface area contributed by atoms with E-state index in [1.54, 1.807) is 11.8 Å². The molecule has 1 saturated heterocycles. The fourth-order valence-corrected chi connectivity index (χ4v) is 3.37. The minimum atomic E-state index is 0.0443. The third kappa shape index (κ3) is 4.42. The third-order valence-electron chi connectivity index (χ3n) is 4.45. The van der Waals surface area contributed by atoms with E-state index in [1.165, 1.54) is 0 Å². The van der Waals surface area contributed by atoms with Gasteiger partial charge in [-0.25, -0.2) is 0 Å². The molecule has 1 aliphatic rings. The second-order valence-electron chi connectivity index (χ2n) is 6.06. The number of hydrogen-bond donors (Lipinski definition) is 0. The van der Waals surface area contributed by atoms with Crippen molar-refractivity contribution in [3.05, 3.63) is 65.7 Å². The molecule has 0 radical (unpaired) electrons. The van der Waals surface area contributed by atoms with E-state index in [9.17, 15) is 9.59 Å². The Bertz CT molecular complexity index is 723. The molecular weight excluding hydrogens is 332 g/mol. The number of amides is 2. The van der Waals surface area contributed by atoms with E-state index in [2.05, 4.69) is 0 Å². The normalized spacial score (nSPS) is 14.4. The Morgan fingerprint density at radius 1 is 0.880 bits per heavy atom. The SMILES string of the molecule is CSc1ccc(C(=O)N2CCN(C(=O)Cc3ccccc3)CC2)cc1. The second-order valence-corrected chi connectivity index (χ2v) is 6.94. The standard InChI is InChI=1S/C20H22N2O2S/c1-25-18-9-7-17(8-10-18)20(24)22-13-11-21(12-14-22)19(23)15-16-5-3-2-4-6-16/h2-10H,11-15H2,1H3. The van der Waals surface area contributed by atoms with Crippen LogP contribution in [0.4, 0.5) is 0 Å². The summed E-state index contributed by atoms with van der Waals surface area (Å²) in [6.07, 6.45) is 2.44. The van der Waals surface area contributed by atoms with E-state index in [0.717, 1.165) is 10.5 Å². The molecule has 5 heteroatoms. The summed E-state index contributed by atoms with van der Waals surface area (Å²) in [5.41, 5.74) is 1.74. The van der Waals surface area contributed by atoms with Gasteiger partial charge in [-0.2, -0.15) is 0 Å². The summed E-state index contributed by atoms with van der Waals surface area (Å²) in [6, 6.07) is 17.5. The highest BCUT2D eigenvalue weighted by atomic mass is 32.2. The van der Waals surface area contributed by atoms with Crippen molar-refractivity contribution in [1.29, 1.82) is 0 Å². The average Bonchev–Trinajstić information content (AvgIpc) is 2.68. The van der Waals surface area contributed by atoms with E-state index in [-0.39, 0.29) is 11.8 Å². The zero-order valence-corrected chi connectivity index (χ0v) is 15.2. The Balaban J connectivity index is 1.54. The van der Waals surface area contributed by atoms with Crippen molar-refractivity contribution in [3.63, 3.8) is 0 Å². The van der Waals surface area contributed by atoms with Gasteiger partial charge < -0.3 is 9.80 Å². The summed E-state index contributed by atoms with van der Waals surface area (Å²) in [4.78, 5) is 29.8. The van der Waals surface area contributed by atoms with Crippen LogP contribution in [0.25, 0.3) is 0 Å². The molecule has 2 aromatic carbocycles. The number of rotatable bonds is 4. The Morgan fingerprint density at radius 3 is 2.08 bits per heavy atom. The molecule has 0 unspecified atom stereocenters. The monoisotopic (exact) mass is 354 g/mol. The van der Waals surface area contributed by atoms with Gasteiger partial charge in [0.05, 0.1) is 6.42 Å². The number of nitrogens with zero attached hydrogens (tertiary/aromatic N) is 2. The van der Waals surface area contributed by atoms with E-state index in [0.29, 0.717) is 38.2 Å². The van der Waals surface area contributed by atoms with Crippen molar-refractivity contribution in [2.45, 2.75) is 11.3 Å². The van der Waals surface area contributed by atoms with Gasteiger partial charge in [0.2, 0.25) is 5.91 Å². The number of benzene rings is 2. The van der Waals surface area contributed by atoms with Crippen LogP contribution in [0.3, 0.4) is 0 Å². The molecule has 3 rings (SSSR count). The molecule has 1 fully saturated rings. The molecule has 0 N–H and O–H groups in total. The molecule has 0 bridgehead atoms. The zero-order chi connectivity index (χ0) is 17.6. The Hall–Kier alpha value is -2.27. The average molecular weight is 354 g/mol. The Labute approximate surface area is 152 Å². The quantitative estimate of drug-likeness (QED) is 0.793. The van der Waals surface area contributed by atoms with E-state index >= 15 is 0 Å². The molecule has 0 spiro atoms. The van der Waals surface area contributed by atoms with Gasteiger partial charge in [0.1, 0.15) is 0 Å². The van der Waals surface area contributed by atoms with Crippen LogP contribution < -0.4 is 0 Å². The highest BCUT2D eigenvalue weighted by Crippen LogP contribution is 2.17. The van der Waals surface area contributed by atoms with Crippen LogP contribution in [0.1, 0.15) is 15.9 Å². The third-order valence-corrected chi connectivity index (χ3v) is 5.20. The van der Waals surface area contributed by atoms with Gasteiger partial charge in [-0.1, -0.05) is 30.3 Å². The molecule has 2 amide bonds. The van der Waals surface area contributed by atoms with Gasteiger partial charge >= 0.3 is 0 Å². The fourth-order valence-electron chi connectivity index (χ4n) is 2.96. The van der Waals surface area contributed by atoms with Gasteiger partial charge in [0.15, 0.2) is 0 Å². The summed E-state index contributed by atoms with van der Waals surface area (Å²) in [5, 5.41) is 0. The van der Waals surface area contributed by atoms with Crippen LogP contribution >= 0.6 is 11.8 Å². The molecular formula is C20H22N2O2S. The summed E-state index contributed by atoms with van der Waals surface area (Å²) >= 11 is 1.66. The van der Waals surface area contributed by atoms with Crippen molar-refractivity contribution in [3.8, 4) is 0 Å². The first-order chi connectivity index (χ1) is 12.2. The van der Waals surface area contributed by atoms with Gasteiger partial charge in [-0.3, -0.25) is 9.59 Å². The molecule has 25 heavy (non-hydrogen) atoms. The number of hydrogen-bond acceptors (Lipinski definition) is 3. The predicted octanol–water partition coefficient (Wildman–Crippen LogP) is 2.94. The lowest BCUT2D eigenvalue weighted by Gasteiger charge is -2.35. The van der Waals surface area contributed by atoms with E-state index in [1.807, 2.05) is 70.7 Å². The number of piperazine rings is 1. The predicted molar refractivity (Wildman–Crippen MR) is 101 cm³/mol. The van der Waals surface area contributed by atoms with Crippen molar-refractivity contribution in [2.75, 3.05) is 32.4 Å². The second kappa shape index (κ2) is 8.21. The van der Waals surface area contributed by atoms with Gasteiger partial charge in [-0.15, -0.1) is 11.8 Å². The minimum Gasteiger partial charge on any atom is -0.339 e. The molecule has 2 aromatic rings. The molecule has 0 saturated carbocycles. The lowest BCUT2D eigenvalue weighted by molar-refractivity contribution is -0.131. The van der Waals surface area contributed by atoms with E-state index < -0.39 is 0 Å². The van der Waals surface area contributed by atoms with Crippen LogP contribution in [0.15, 0.2) is 59.5 Å². The fraction of sp³-hybridized carbons (Fsp3) is 0.300. The smallest absolute Gasteiger partial charge is 0.253 e. The highest BCUT2D eigenvalue weighted by molar-refractivity contribution is 7.98. The Morgan fingerprint density at radius 2 is 1.48 bits per heavy atom. The summed E-state index contributed by atoms with van der Waals surface area (Å²) in [5.74, 6) is 0.172. The van der Waals surface area contributed by atoms with Crippen LogP contribution in [-0.4, -0.2) is 54.0 Å². The lowest BCUT2D eigenvalue weighted by Crippen LogP contribution is -2.51. The molecule has 1 aliphatic heterocycles. The molecule has 0 atom stereocenters. The maximum atomic E-state index is 12.6. The molecule has 130 valence electrons. The Kier molecular flexibility index (Phi) is 5.76. The minimum absolute atomic E-state index is 0.0443. The van der Waals surface area contributed by atoms with Crippen LogP contribution in [-0.2, 0) is 11.2 Å². The van der Waals surface area contributed by atoms with Gasteiger partial charge in [-0.05, 0) is 36.1 Å². The lowest BCUT2D eigenvalue weighted by atomic mass is 10.1. The first kappa shape index (κ1) is 17.5. The van der Waals surface area contributed by atoms with Gasteiger partial charge in [0, 0.05) is 36.6 Å². The molecule has 0 aliphatic carbocycles. The van der Waals surface area contributed by atoms with Crippen LogP contribution in [0.5, 0.6) is 0 Å². The molecule has 1 heterocycles. The number of carbonyl (C=O) groups is 2. The summed E-state index contributed by atoms with van der Waals surface area (Å²) in [7, 11) is 0. The van der Waals surface area contributed by atoms with Crippen LogP contribution in [0.2, 0.25) is 0 Å². The molecule has 4 nitrogen and oxygen atoms in total. The summed E-state index contributed by atoms with van der Waals surface area (Å²) in [6.45, 7) is 2.37. The topological polar surface area (TPSA) is 40.6 Å². The van der Waals surface area contributed by atoms with Crippen molar-refractivity contribution in [2.24, 2.45) is 0 Å². The number of carbonyl (C=O) groups excluding carboxylic acids is 2. The van der Waals surface area contributed by atoms with Crippen molar-refractivity contribution < 1.29 is 9.59 Å².